The highest BCUT2D eigenvalue weighted by Gasteiger charge is 1.80. The second-order valence-corrected chi connectivity index (χ2v) is 1.83. The molecule has 0 aromatic heterocycles. The largest absolute Gasteiger partial charge is 0.505 e. The van der Waals surface area contributed by atoms with Crippen LogP contribution >= 0.6 is 0 Å². The van der Waals surface area contributed by atoms with Crippen LogP contribution < -0.4 is 0 Å². The number of hydrogen-bond donors (Lipinski definition) is 1. The summed E-state index contributed by atoms with van der Waals surface area (Å²) in [4.78, 5) is 0. The number of allylic oxidation sites excluding steroid dienone is 1. The van der Waals surface area contributed by atoms with E-state index in [2.05, 4.69) is 4.74 Å². The highest BCUT2D eigenvalue weighted by Crippen LogP contribution is 1.94. The van der Waals surface area contributed by atoms with Gasteiger partial charge in [0.05, 0.1) is 13.4 Å². The molecular formula is C7H14O2. The standard InChI is InChI=1S/C7H14O2/c1-9-7-5-3-2-4-6-8/h5,7-8H,2-4,6H2,1H3/b7-5+. The SMILES string of the molecule is CO/C=C/CCCCO. The van der Waals surface area contributed by atoms with Gasteiger partial charge in [0.25, 0.3) is 0 Å². The molecule has 0 heterocycles. The van der Waals surface area contributed by atoms with Crippen molar-refractivity contribution >= 4 is 0 Å². The van der Waals surface area contributed by atoms with Crippen molar-refractivity contribution in [2.24, 2.45) is 0 Å². The third kappa shape index (κ3) is 7.50. The Morgan fingerprint density at radius 3 is 2.78 bits per heavy atom. The minimum absolute atomic E-state index is 0.292. The van der Waals surface area contributed by atoms with Crippen molar-refractivity contribution in [2.45, 2.75) is 19.3 Å². The van der Waals surface area contributed by atoms with Crippen molar-refractivity contribution in [3.8, 4) is 0 Å². The highest BCUT2D eigenvalue weighted by molar-refractivity contribution is 4.72. The predicted molar refractivity (Wildman–Crippen MR) is 37.1 cm³/mol. The van der Waals surface area contributed by atoms with Gasteiger partial charge in [0, 0.05) is 6.61 Å². The summed E-state index contributed by atoms with van der Waals surface area (Å²) < 4.78 is 4.68. The van der Waals surface area contributed by atoms with Gasteiger partial charge < -0.3 is 9.84 Å². The lowest BCUT2D eigenvalue weighted by molar-refractivity contribution is 0.284. The van der Waals surface area contributed by atoms with E-state index in [1.807, 2.05) is 6.08 Å². The molecule has 0 amide bonds. The molecule has 0 rings (SSSR count). The van der Waals surface area contributed by atoms with Crippen molar-refractivity contribution < 1.29 is 9.84 Å². The zero-order chi connectivity index (χ0) is 6.95. The highest BCUT2D eigenvalue weighted by atomic mass is 16.5. The van der Waals surface area contributed by atoms with Gasteiger partial charge in [0.2, 0.25) is 0 Å². The molecule has 0 radical (unpaired) electrons. The first-order chi connectivity index (χ1) is 4.41. The summed E-state index contributed by atoms with van der Waals surface area (Å²) in [6, 6.07) is 0. The molecule has 0 saturated heterocycles. The van der Waals surface area contributed by atoms with Gasteiger partial charge in [0.1, 0.15) is 0 Å². The van der Waals surface area contributed by atoms with Crippen molar-refractivity contribution in [2.75, 3.05) is 13.7 Å². The molecule has 0 spiro atoms. The number of aliphatic hydroxyl groups excluding tert-OH is 1. The molecule has 0 atom stereocenters. The molecule has 0 aromatic rings. The zero-order valence-electron chi connectivity index (χ0n) is 5.84. The number of unbranched alkanes of at least 4 members (excludes halogenated alkanes) is 2. The molecule has 0 saturated carbocycles. The third-order valence-electron chi connectivity index (χ3n) is 1.01. The van der Waals surface area contributed by atoms with Crippen LogP contribution in [0.2, 0.25) is 0 Å². The lowest BCUT2D eigenvalue weighted by Crippen LogP contribution is -1.80. The van der Waals surface area contributed by atoms with Crippen LogP contribution in [0.25, 0.3) is 0 Å². The molecule has 2 nitrogen and oxygen atoms in total. The second-order valence-electron chi connectivity index (χ2n) is 1.83. The van der Waals surface area contributed by atoms with Crippen molar-refractivity contribution in [1.82, 2.24) is 0 Å². The number of methoxy groups -OCH3 is 1. The molecular weight excluding hydrogens is 116 g/mol. The molecule has 0 aliphatic carbocycles. The maximum Gasteiger partial charge on any atom is 0.0784 e. The quantitative estimate of drug-likeness (QED) is 0.449. The first-order valence-corrected chi connectivity index (χ1v) is 3.20. The molecule has 0 aliphatic heterocycles. The van der Waals surface area contributed by atoms with Gasteiger partial charge in [-0.3, -0.25) is 0 Å². The number of rotatable bonds is 5. The summed E-state index contributed by atoms with van der Waals surface area (Å²) >= 11 is 0. The monoisotopic (exact) mass is 130 g/mol. The summed E-state index contributed by atoms with van der Waals surface area (Å²) in [5.41, 5.74) is 0. The smallest absolute Gasteiger partial charge is 0.0784 e. The van der Waals surface area contributed by atoms with E-state index in [0.29, 0.717) is 6.61 Å². The molecule has 0 aliphatic rings. The number of ether oxygens (including phenoxy) is 1. The van der Waals surface area contributed by atoms with Crippen LogP contribution in [0.15, 0.2) is 12.3 Å². The lowest BCUT2D eigenvalue weighted by atomic mass is 10.2. The van der Waals surface area contributed by atoms with E-state index < -0.39 is 0 Å². The molecule has 0 fully saturated rings. The lowest BCUT2D eigenvalue weighted by Gasteiger charge is -1.90. The number of aliphatic hydroxyl groups is 1. The van der Waals surface area contributed by atoms with Crippen LogP contribution in [0.5, 0.6) is 0 Å². The average molecular weight is 130 g/mol. The topological polar surface area (TPSA) is 29.5 Å². The summed E-state index contributed by atoms with van der Waals surface area (Å²) in [7, 11) is 1.63. The zero-order valence-corrected chi connectivity index (χ0v) is 5.84. The maximum atomic E-state index is 8.37. The predicted octanol–water partition coefficient (Wildman–Crippen LogP) is 1.31. The Morgan fingerprint density at radius 2 is 2.22 bits per heavy atom. The van der Waals surface area contributed by atoms with Gasteiger partial charge in [-0.05, 0) is 25.3 Å². The Labute approximate surface area is 56.1 Å². The van der Waals surface area contributed by atoms with Gasteiger partial charge in [-0.1, -0.05) is 0 Å². The summed E-state index contributed by atoms with van der Waals surface area (Å²) in [5.74, 6) is 0. The normalized spacial score (nSPS) is 10.4. The fourth-order valence-electron chi connectivity index (χ4n) is 0.538. The van der Waals surface area contributed by atoms with Crippen LogP contribution in [0, 0.1) is 0 Å². The molecule has 1 N–H and O–H groups in total. The van der Waals surface area contributed by atoms with Crippen molar-refractivity contribution in [3.63, 3.8) is 0 Å². The van der Waals surface area contributed by atoms with E-state index in [-0.39, 0.29) is 0 Å². The average Bonchev–Trinajstić information content (AvgIpc) is 1.89. The fraction of sp³-hybridized carbons (Fsp3) is 0.714. The van der Waals surface area contributed by atoms with Crippen LogP contribution in [0.1, 0.15) is 19.3 Å². The van der Waals surface area contributed by atoms with E-state index in [0.717, 1.165) is 19.3 Å². The maximum absolute atomic E-state index is 8.37. The fourth-order valence-corrected chi connectivity index (χ4v) is 0.538. The Morgan fingerprint density at radius 1 is 1.44 bits per heavy atom. The molecule has 2 heteroatoms. The van der Waals surface area contributed by atoms with E-state index in [1.165, 1.54) is 0 Å². The summed E-state index contributed by atoms with van der Waals surface area (Å²) in [5, 5.41) is 8.37. The van der Waals surface area contributed by atoms with E-state index in [1.54, 1.807) is 13.4 Å². The van der Waals surface area contributed by atoms with Gasteiger partial charge in [-0.2, -0.15) is 0 Å². The van der Waals surface area contributed by atoms with Crippen molar-refractivity contribution in [1.29, 1.82) is 0 Å². The minimum atomic E-state index is 0.292. The first-order valence-electron chi connectivity index (χ1n) is 3.20. The van der Waals surface area contributed by atoms with Crippen LogP contribution in [0.3, 0.4) is 0 Å². The Kier molecular flexibility index (Phi) is 7.08. The van der Waals surface area contributed by atoms with Crippen molar-refractivity contribution in [3.05, 3.63) is 12.3 Å². The second kappa shape index (κ2) is 7.50. The van der Waals surface area contributed by atoms with Crippen LogP contribution in [0.4, 0.5) is 0 Å². The molecule has 54 valence electrons. The van der Waals surface area contributed by atoms with Gasteiger partial charge in [-0.25, -0.2) is 0 Å². The molecule has 0 unspecified atom stereocenters. The Balaban J connectivity index is 2.82. The molecule has 0 bridgehead atoms. The summed E-state index contributed by atoms with van der Waals surface area (Å²) in [6.45, 7) is 0.292. The number of hydrogen-bond acceptors (Lipinski definition) is 2. The minimum Gasteiger partial charge on any atom is -0.505 e. The van der Waals surface area contributed by atoms with E-state index in [4.69, 9.17) is 5.11 Å². The van der Waals surface area contributed by atoms with E-state index in [9.17, 15) is 0 Å². The molecule has 0 aromatic carbocycles. The third-order valence-corrected chi connectivity index (χ3v) is 1.01. The first kappa shape index (κ1) is 8.50. The summed E-state index contributed by atoms with van der Waals surface area (Å²) in [6.07, 6.45) is 6.53. The Bertz CT molecular complexity index is 69.3. The van der Waals surface area contributed by atoms with Gasteiger partial charge >= 0.3 is 0 Å². The van der Waals surface area contributed by atoms with Gasteiger partial charge in [-0.15, -0.1) is 0 Å². The Hall–Kier alpha value is -0.500. The van der Waals surface area contributed by atoms with E-state index >= 15 is 0 Å². The van der Waals surface area contributed by atoms with Crippen LogP contribution in [-0.4, -0.2) is 18.8 Å². The van der Waals surface area contributed by atoms with Gasteiger partial charge in [0.15, 0.2) is 0 Å². The van der Waals surface area contributed by atoms with Crippen LogP contribution in [-0.2, 0) is 4.74 Å². The molecule has 9 heavy (non-hydrogen) atoms.